The van der Waals surface area contributed by atoms with E-state index in [9.17, 15) is 10.1 Å². The van der Waals surface area contributed by atoms with Gasteiger partial charge in [0, 0.05) is 24.4 Å². The highest BCUT2D eigenvalue weighted by molar-refractivity contribution is 5.56. The third-order valence-electron chi connectivity index (χ3n) is 2.37. The molecular weight excluding hydrogens is 260 g/mol. The quantitative estimate of drug-likeness (QED) is 0.472. The molecule has 1 N–H and O–H groups in total. The van der Waals surface area contributed by atoms with Crippen molar-refractivity contribution in [3.63, 3.8) is 0 Å². The molecule has 0 fully saturated rings. The van der Waals surface area contributed by atoms with Gasteiger partial charge in [0.05, 0.1) is 23.2 Å². The summed E-state index contributed by atoms with van der Waals surface area (Å²) in [6.07, 6.45) is 0. The summed E-state index contributed by atoms with van der Waals surface area (Å²) in [5.41, 5.74) is 0.463. The van der Waals surface area contributed by atoms with Crippen LogP contribution in [0, 0.1) is 10.1 Å². The highest BCUT2D eigenvalue weighted by Crippen LogP contribution is 2.26. The Kier molecular flexibility index (Phi) is 5.76. The topological polar surface area (TPSA) is 73.6 Å². The summed E-state index contributed by atoms with van der Waals surface area (Å²) < 4.78 is 11.0. The largest absolute Gasteiger partial charge is 0.491 e. The number of nitrogens with zero attached hydrogens (tertiary/aromatic N) is 1. The molecule has 0 aliphatic rings. The molecule has 0 unspecified atom stereocenters. The maximum Gasteiger partial charge on any atom is 0.275 e. The Morgan fingerprint density at radius 3 is 2.50 bits per heavy atom. The predicted octanol–water partition coefficient (Wildman–Crippen LogP) is 3.22. The van der Waals surface area contributed by atoms with Crippen molar-refractivity contribution in [2.75, 3.05) is 25.1 Å². The van der Waals surface area contributed by atoms with Crippen molar-refractivity contribution in [3.05, 3.63) is 28.3 Å². The molecule has 112 valence electrons. The molecule has 0 aliphatic heterocycles. The zero-order valence-electron chi connectivity index (χ0n) is 12.4. The first kappa shape index (κ1) is 16.2. The lowest BCUT2D eigenvalue weighted by Crippen LogP contribution is -2.22. The van der Waals surface area contributed by atoms with Crippen LogP contribution in [0.1, 0.15) is 27.7 Å². The average Bonchev–Trinajstić information content (AvgIpc) is 2.33. The molecule has 0 aliphatic carbocycles. The molecule has 20 heavy (non-hydrogen) atoms. The van der Waals surface area contributed by atoms with Crippen LogP contribution in [0.3, 0.4) is 0 Å². The van der Waals surface area contributed by atoms with Gasteiger partial charge in [-0.15, -0.1) is 0 Å². The van der Waals surface area contributed by atoms with Crippen LogP contribution in [0.25, 0.3) is 0 Å². The Bertz CT molecular complexity index is 455. The normalized spacial score (nSPS) is 11.2. The van der Waals surface area contributed by atoms with Gasteiger partial charge >= 0.3 is 0 Å². The van der Waals surface area contributed by atoms with E-state index >= 15 is 0 Å². The van der Waals surface area contributed by atoms with Crippen LogP contribution < -0.4 is 10.1 Å². The standard InChI is InChI=1S/C14H22N2O4/c1-5-15-11-8-12(16(17)18)10-13(9-11)19-6-7-20-14(2,3)4/h8-10,15H,5-7H2,1-4H3. The highest BCUT2D eigenvalue weighted by atomic mass is 16.6. The van der Waals surface area contributed by atoms with Gasteiger partial charge in [0.1, 0.15) is 12.4 Å². The van der Waals surface area contributed by atoms with Crippen molar-refractivity contribution in [3.8, 4) is 5.75 Å². The number of hydrogen-bond acceptors (Lipinski definition) is 5. The van der Waals surface area contributed by atoms with E-state index in [-0.39, 0.29) is 11.3 Å². The molecule has 0 saturated carbocycles. The number of hydrogen-bond donors (Lipinski definition) is 1. The fourth-order valence-corrected chi connectivity index (χ4v) is 1.59. The Balaban J connectivity index is 2.66. The van der Waals surface area contributed by atoms with Crippen LogP contribution in [0.5, 0.6) is 5.75 Å². The third-order valence-corrected chi connectivity index (χ3v) is 2.37. The number of ether oxygens (including phenoxy) is 2. The second kappa shape index (κ2) is 7.09. The van der Waals surface area contributed by atoms with Gasteiger partial charge in [-0.05, 0) is 27.7 Å². The van der Waals surface area contributed by atoms with Crippen LogP contribution >= 0.6 is 0 Å². The monoisotopic (exact) mass is 282 g/mol. The number of anilines is 1. The second-order valence-electron chi connectivity index (χ2n) is 5.31. The molecule has 1 aromatic carbocycles. The molecule has 6 heteroatoms. The third kappa shape index (κ3) is 5.88. The van der Waals surface area contributed by atoms with Crippen LogP contribution in [-0.4, -0.2) is 30.3 Å². The smallest absolute Gasteiger partial charge is 0.275 e. The Morgan fingerprint density at radius 1 is 1.25 bits per heavy atom. The zero-order valence-corrected chi connectivity index (χ0v) is 12.4. The Morgan fingerprint density at radius 2 is 1.95 bits per heavy atom. The molecule has 0 saturated heterocycles. The molecule has 0 heterocycles. The summed E-state index contributed by atoms with van der Waals surface area (Å²) in [6.45, 7) is 9.29. The fourth-order valence-electron chi connectivity index (χ4n) is 1.59. The number of nitro groups is 1. The van der Waals surface area contributed by atoms with Crippen LogP contribution in [0.4, 0.5) is 11.4 Å². The Labute approximate surface area is 119 Å². The van der Waals surface area contributed by atoms with Crippen molar-refractivity contribution in [1.29, 1.82) is 0 Å². The number of benzene rings is 1. The van der Waals surface area contributed by atoms with E-state index in [1.165, 1.54) is 12.1 Å². The van der Waals surface area contributed by atoms with Crippen LogP contribution in [0.15, 0.2) is 18.2 Å². The van der Waals surface area contributed by atoms with E-state index in [4.69, 9.17) is 9.47 Å². The number of non-ortho nitro benzene ring substituents is 1. The first-order chi connectivity index (χ1) is 9.31. The van der Waals surface area contributed by atoms with Crippen molar-refractivity contribution >= 4 is 11.4 Å². The summed E-state index contributed by atoms with van der Waals surface area (Å²) >= 11 is 0. The molecule has 0 aromatic heterocycles. The van der Waals surface area contributed by atoms with Gasteiger partial charge in [-0.2, -0.15) is 0 Å². The molecule has 0 bridgehead atoms. The van der Waals surface area contributed by atoms with Gasteiger partial charge in [-0.3, -0.25) is 10.1 Å². The molecular formula is C14H22N2O4. The highest BCUT2D eigenvalue weighted by Gasteiger charge is 2.12. The first-order valence-electron chi connectivity index (χ1n) is 6.62. The number of rotatable bonds is 7. The van der Waals surface area contributed by atoms with E-state index in [2.05, 4.69) is 5.32 Å². The van der Waals surface area contributed by atoms with E-state index in [1.54, 1.807) is 6.07 Å². The van der Waals surface area contributed by atoms with Crippen LogP contribution in [-0.2, 0) is 4.74 Å². The predicted molar refractivity (Wildman–Crippen MR) is 78.5 cm³/mol. The van der Waals surface area contributed by atoms with Crippen molar-refractivity contribution < 1.29 is 14.4 Å². The van der Waals surface area contributed by atoms with E-state index < -0.39 is 4.92 Å². The summed E-state index contributed by atoms with van der Waals surface area (Å²) in [4.78, 5) is 10.4. The molecule has 0 atom stereocenters. The minimum atomic E-state index is -0.431. The van der Waals surface area contributed by atoms with E-state index in [0.717, 1.165) is 0 Å². The zero-order chi connectivity index (χ0) is 15.2. The summed E-state index contributed by atoms with van der Waals surface area (Å²) in [5.74, 6) is 0.465. The second-order valence-corrected chi connectivity index (χ2v) is 5.31. The molecule has 6 nitrogen and oxygen atoms in total. The minimum Gasteiger partial charge on any atom is -0.491 e. The lowest BCUT2D eigenvalue weighted by atomic mass is 10.2. The Hall–Kier alpha value is -1.82. The maximum atomic E-state index is 10.9. The number of nitro benzene ring substituents is 1. The van der Waals surface area contributed by atoms with Gasteiger partial charge < -0.3 is 14.8 Å². The van der Waals surface area contributed by atoms with Gasteiger partial charge in [0.15, 0.2) is 0 Å². The lowest BCUT2D eigenvalue weighted by Gasteiger charge is -2.19. The van der Waals surface area contributed by atoms with Crippen molar-refractivity contribution in [2.24, 2.45) is 0 Å². The minimum absolute atomic E-state index is 0.00943. The van der Waals surface area contributed by atoms with E-state index in [1.807, 2.05) is 27.7 Å². The molecule has 0 radical (unpaired) electrons. The van der Waals surface area contributed by atoms with E-state index in [0.29, 0.717) is 31.2 Å². The molecule has 0 amide bonds. The summed E-state index contributed by atoms with van der Waals surface area (Å²) in [6, 6.07) is 4.65. The number of nitrogens with one attached hydrogen (secondary N) is 1. The summed E-state index contributed by atoms with van der Waals surface area (Å²) in [5, 5.41) is 13.9. The lowest BCUT2D eigenvalue weighted by molar-refractivity contribution is -0.384. The van der Waals surface area contributed by atoms with Crippen molar-refractivity contribution in [1.82, 2.24) is 0 Å². The van der Waals surface area contributed by atoms with Crippen LogP contribution in [0.2, 0.25) is 0 Å². The average molecular weight is 282 g/mol. The fraction of sp³-hybridized carbons (Fsp3) is 0.571. The molecule has 0 spiro atoms. The van der Waals surface area contributed by atoms with Gasteiger partial charge in [-0.25, -0.2) is 0 Å². The molecule has 1 rings (SSSR count). The van der Waals surface area contributed by atoms with Gasteiger partial charge in [0.25, 0.3) is 5.69 Å². The SMILES string of the molecule is CCNc1cc(OCCOC(C)(C)C)cc([N+](=O)[O-])c1. The van der Waals surface area contributed by atoms with Crippen molar-refractivity contribution in [2.45, 2.75) is 33.3 Å². The van der Waals surface area contributed by atoms with Gasteiger partial charge in [-0.1, -0.05) is 0 Å². The first-order valence-corrected chi connectivity index (χ1v) is 6.62. The molecule has 1 aromatic rings. The van der Waals surface area contributed by atoms with Gasteiger partial charge in [0.2, 0.25) is 0 Å². The summed E-state index contributed by atoms with van der Waals surface area (Å²) in [7, 11) is 0. The maximum absolute atomic E-state index is 10.9.